The van der Waals surface area contributed by atoms with Crippen LogP contribution in [0.2, 0.25) is 0 Å². The van der Waals surface area contributed by atoms with Crippen LogP contribution in [0.3, 0.4) is 0 Å². The van der Waals surface area contributed by atoms with E-state index in [1.165, 1.54) is 12.0 Å². The second kappa shape index (κ2) is 5.83. The maximum Gasteiger partial charge on any atom is 0.0657 e. The first kappa shape index (κ1) is 17.6. The Morgan fingerprint density at radius 1 is 1.20 bits per heavy atom. The van der Waals surface area contributed by atoms with Gasteiger partial charge in [0.1, 0.15) is 0 Å². The van der Waals surface area contributed by atoms with E-state index in [9.17, 15) is 15.5 Å². The van der Waals surface area contributed by atoms with Crippen molar-refractivity contribution in [1.29, 1.82) is 5.26 Å². The molecule has 0 amide bonds. The van der Waals surface area contributed by atoms with Crippen LogP contribution >= 0.6 is 0 Å². The average Bonchev–Trinajstić information content (AvgIpc) is 2.85. The SMILES string of the molecule is CC(C#N)[C@H]1[C@@H](O)CC2C3CC=C4C[C@@H](O)CC[C@]4(C)C3CC[C@@]21C. The maximum atomic E-state index is 10.8. The van der Waals surface area contributed by atoms with Gasteiger partial charge in [-0.25, -0.2) is 0 Å². The zero-order chi connectivity index (χ0) is 18.0. The maximum absolute atomic E-state index is 10.8. The molecule has 0 aromatic carbocycles. The molecule has 0 heterocycles. The molecular formula is C22H33NO2. The topological polar surface area (TPSA) is 64.2 Å². The molecule has 0 radical (unpaired) electrons. The fraction of sp³-hybridized carbons (Fsp3) is 0.864. The van der Waals surface area contributed by atoms with Gasteiger partial charge in [0.05, 0.1) is 18.3 Å². The molecule has 0 saturated heterocycles. The Kier molecular flexibility index (Phi) is 4.09. The third-order valence-corrected chi connectivity index (χ3v) is 8.93. The highest BCUT2D eigenvalue weighted by Gasteiger charge is 2.61. The fourth-order valence-electron chi connectivity index (χ4n) is 7.68. The molecule has 0 spiro atoms. The van der Waals surface area contributed by atoms with Crippen LogP contribution in [0.5, 0.6) is 0 Å². The summed E-state index contributed by atoms with van der Waals surface area (Å²) in [5, 5.41) is 30.4. The highest BCUT2D eigenvalue weighted by Crippen LogP contribution is 2.67. The molecule has 0 aromatic heterocycles. The summed E-state index contributed by atoms with van der Waals surface area (Å²) in [6, 6.07) is 2.43. The molecule has 4 aliphatic carbocycles. The number of nitrogens with zero attached hydrogens (tertiary/aromatic N) is 1. The highest BCUT2D eigenvalue weighted by atomic mass is 16.3. The van der Waals surface area contributed by atoms with Gasteiger partial charge in [-0.2, -0.15) is 5.26 Å². The summed E-state index contributed by atoms with van der Waals surface area (Å²) in [5.41, 5.74) is 1.84. The number of aliphatic hydroxyl groups is 2. The molecule has 25 heavy (non-hydrogen) atoms. The number of fused-ring (bicyclic) bond motifs is 5. The molecule has 3 heteroatoms. The summed E-state index contributed by atoms with van der Waals surface area (Å²) in [4.78, 5) is 0. The molecule has 4 unspecified atom stereocenters. The van der Waals surface area contributed by atoms with E-state index >= 15 is 0 Å². The van der Waals surface area contributed by atoms with Gasteiger partial charge >= 0.3 is 0 Å². The van der Waals surface area contributed by atoms with E-state index in [-0.39, 0.29) is 34.9 Å². The predicted octanol–water partition coefficient (Wildman–Crippen LogP) is 4.06. The van der Waals surface area contributed by atoms with Crippen molar-refractivity contribution in [2.75, 3.05) is 0 Å². The van der Waals surface area contributed by atoms with Crippen LogP contribution in [-0.4, -0.2) is 22.4 Å². The minimum absolute atomic E-state index is 0.0725. The lowest BCUT2D eigenvalue weighted by Gasteiger charge is -2.58. The van der Waals surface area contributed by atoms with E-state index in [1.54, 1.807) is 0 Å². The van der Waals surface area contributed by atoms with E-state index in [0.717, 1.165) is 38.5 Å². The van der Waals surface area contributed by atoms with Crippen LogP contribution in [0.25, 0.3) is 0 Å². The van der Waals surface area contributed by atoms with Gasteiger partial charge in [-0.15, -0.1) is 0 Å². The van der Waals surface area contributed by atoms with Gasteiger partial charge in [0.15, 0.2) is 0 Å². The highest BCUT2D eigenvalue weighted by molar-refractivity contribution is 5.26. The van der Waals surface area contributed by atoms with Crippen LogP contribution in [0.15, 0.2) is 11.6 Å². The molecule has 0 aliphatic heterocycles. The lowest BCUT2D eigenvalue weighted by atomic mass is 9.47. The van der Waals surface area contributed by atoms with Crippen LogP contribution < -0.4 is 0 Å². The van der Waals surface area contributed by atoms with E-state index < -0.39 is 0 Å². The Bertz CT molecular complexity index is 622. The van der Waals surface area contributed by atoms with Crippen molar-refractivity contribution in [2.24, 2.45) is 40.4 Å². The Hall–Kier alpha value is -0.850. The van der Waals surface area contributed by atoms with Gasteiger partial charge in [0, 0.05) is 11.8 Å². The predicted molar refractivity (Wildman–Crippen MR) is 97.4 cm³/mol. The third kappa shape index (κ3) is 2.37. The summed E-state index contributed by atoms with van der Waals surface area (Å²) < 4.78 is 0. The molecule has 3 fully saturated rings. The smallest absolute Gasteiger partial charge is 0.0657 e. The molecule has 3 saturated carbocycles. The molecule has 2 N–H and O–H groups in total. The molecule has 4 rings (SSSR count). The zero-order valence-corrected chi connectivity index (χ0v) is 15.9. The lowest BCUT2D eigenvalue weighted by Crippen LogP contribution is -2.51. The Labute approximate surface area is 152 Å². The van der Waals surface area contributed by atoms with Crippen molar-refractivity contribution >= 4 is 0 Å². The minimum Gasteiger partial charge on any atom is -0.393 e. The first-order chi connectivity index (χ1) is 11.8. The van der Waals surface area contributed by atoms with Crippen molar-refractivity contribution in [2.45, 2.75) is 77.9 Å². The summed E-state index contributed by atoms with van der Waals surface area (Å²) in [7, 11) is 0. The lowest BCUT2D eigenvalue weighted by molar-refractivity contribution is -0.0570. The van der Waals surface area contributed by atoms with Crippen molar-refractivity contribution in [3.8, 4) is 6.07 Å². The number of nitriles is 1. The Morgan fingerprint density at radius 3 is 2.68 bits per heavy atom. The first-order valence-electron chi connectivity index (χ1n) is 10.3. The standard InChI is InChI=1S/C22H33NO2/c1-13(12-23)20-19(25)11-18-16-5-4-14-10-15(24)6-8-21(14,2)17(16)7-9-22(18,20)3/h4,13,15-20,24-25H,5-11H2,1-3H3/t13?,15-,16?,17?,18?,19-,20-,21-,22-/m0/s1. The second-order valence-corrected chi connectivity index (χ2v) is 9.95. The number of rotatable bonds is 1. The summed E-state index contributed by atoms with van der Waals surface area (Å²) >= 11 is 0. The molecular weight excluding hydrogens is 310 g/mol. The Morgan fingerprint density at radius 2 is 1.96 bits per heavy atom. The zero-order valence-electron chi connectivity index (χ0n) is 15.9. The van der Waals surface area contributed by atoms with Gasteiger partial charge in [0.25, 0.3) is 0 Å². The molecule has 9 atom stereocenters. The van der Waals surface area contributed by atoms with E-state index in [1.807, 2.05) is 6.92 Å². The van der Waals surface area contributed by atoms with Crippen molar-refractivity contribution in [3.05, 3.63) is 11.6 Å². The molecule has 4 aliphatic rings. The van der Waals surface area contributed by atoms with Crippen molar-refractivity contribution in [3.63, 3.8) is 0 Å². The van der Waals surface area contributed by atoms with Crippen molar-refractivity contribution < 1.29 is 10.2 Å². The number of allylic oxidation sites excluding steroid dienone is 1. The average molecular weight is 344 g/mol. The minimum atomic E-state index is -0.324. The number of hydrogen-bond donors (Lipinski definition) is 2. The molecule has 138 valence electrons. The monoisotopic (exact) mass is 343 g/mol. The quantitative estimate of drug-likeness (QED) is 0.706. The molecule has 0 bridgehead atoms. The van der Waals surface area contributed by atoms with Crippen LogP contribution in [-0.2, 0) is 0 Å². The first-order valence-corrected chi connectivity index (χ1v) is 10.3. The van der Waals surface area contributed by atoms with Gasteiger partial charge in [-0.3, -0.25) is 0 Å². The van der Waals surface area contributed by atoms with Gasteiger partial charge in [-0.05, 0) is 80.5 Å². The normalized spacial score (nSPS) is 53.0. The summed E-state index contributed by atoms with van der Waals surface area (Å²) in [5.74, 6) is 1.89. The third-order valence-electron chi connectivity index (χ3n) is 8.93. The van der Waals surface area contributed by atoms with Crippen LogP contribution in [0.1, 0.15) is 65.7 Å². The van der Waals surface area contributed by atoms with E-state index in [0.29, 0.717) is 17.8 Å². The molecule has 0 aromatic rings. The fourth-order valence-corrected chi connectivity index (χ4v) is 7.68. The van der Waals surface area contributed by atoms with Gasteiger partial charge in [-0.1, -0.05) is 25.5 Å². The van der Waals surface area contributed by atoms with Crippen LogP contribution in [0.4, 0.5) is 0 Å². The summed E-state index contributed by atoms with van der Waals surface area (Å²) in [6.45, 7) is 6.79. The number of aliphatic hydroxyl groups excluding tert-OH is 2. The van der Waals surface area contributed by atoms with E-state index in [2.05, 4.69) is 26.0 Å². The van der Waals surface area contributed by atoms with Crippen molar-refractivity contribution in [1.82, 2.24) is 0 Å². The number of hydrogen-bond acceptors (Lipinski definition) is 3. The van der Waals surface area contributed by atoms with Gasteiger partial charge < -0.3 is 10.2 Å². The summed E-state index contributed by atoms with van der Waals surface area (Å²) in [6.07, 6.45) is 9.16. The Balaban J connectivity index is 1.67. The van der Waals surface area contributed by atoms with Gasteiger partial charge in [0.2, 0.25) is 0 Å². The second-order valence-electron chi connectivity index (χ2n) is 9.95. The van der Waals surface area contributed by atoms with Crippen LogP contribution in [0, 0.1) is 51.8 Å². The van der Waals surface area contributed by atoms with E-state index in [4.69, 9.17) is 0 Å². The molecule has 3 nitrogen and oxygen atoms in total. The largest absolute Gasteiger partial charge is 0.393 e.